The largest absolute Gasteiger partial charge is 0.445 e. The molecule has 8 nitrogen and oxygen atoms in total. The summed E-state index contributed by atoms with van der Waals surface area (Å²) in [5, 5.41) is 7.25. The van der Waals surface area contributed by atoms with Gasteiger partial charge in [0.1, 0.15) is 13.2 Å². The molecule has 0 bridgehead atoms. The first-order valence-electron chi connectivity index (χ1n) is 9.61. The van der Waals surface area contributed by atoms with Gasteiger partial charge in [-0.25, -0.2) is 4.79 Å². The van der Waals surface area contributed by atoms with Gasteiger partial charge in [0.05, 0.1) is 18.5 Å². The number of amides is 3. The van der Waals surface area contributed by atoms with Gasteiger partial charge in [-0.3, -0.25) is 14.4 Å². The molecule has 3 amide bonds. The van der Waals surface area contributed by atoms with Crippen LogP contribution in [-0.4, -0.2) is 48.7 Å². The third-order valence-corrected chi connectivity index (χ3v) is 4.45. The SMILES string of the molecule is O=C(CNC(=O)OCc1ccccc1)NCC(=O)N[C@@H](Cc1cccc[13cH]1)C(=O)CCl. The third kappa shape index (κ3) is 9.31. The maximum atomic E-state index is 12.1. The molecule has 2 aromatic rings. The molecule has 0 saturated carbocycles. The van der Waals surface area contributed by atoms with Crippen molar-refractivity contribution in [3.63, 3.8) is 0 Å². The first-order valence-corrected chi connectivity index (χ1v) is 10.1. The maximum absolute atomic E-state index is 12.1. The number of rotatable bonds is 11. The molecule has 3 N–H and O–H groups in total. The molecule has 0 aliphatic rings. The zero-order chi connectivity index (χ0) is 22.5. The first kappa shape index (κ1) is 23.9. The molecule has 9 heteroatoms. The highest BCUT2D eigenvalue weighted by molar-refractivity contribution is 6.28. The van der Waals surface area contributed by atoms with Gasteiger partial charge in [0.25, 0.3) is 0 Å². The Morgan fingerprint density at radius 1 is 0.806 bits per heavy atom. The Morgan fingerprint density at radius 2 is 1.39 bits per heavy atom. The normalized spacial score (nSPS) is 11.1. The predicted molar refractivity (Wildman–Crippen MR) is 115 cm³/mol. The van der Waals surface area contributed by atoms with Crippen molar-refractivity contribution in [3.05, 3.63) is 71.8 Å². The Bertz CT molecular complexity index is 877. The van der Waals surface area contributed by atoms with Crippen LogP contribution in [0.5, 0.6) is 0 Å². The molecule has 0 saturated heterocycles. The number of Topliss-reactive ketones (excluding diaryl/α,β-unsaturated/α-hetero) is 1. The summed E-state index contributed by atoms with van der Waals surface area (Å²) >= 11 is 5.64. The zero-order valence-corrected chi connectivity index (χ0v) is 17.6. The van der Waals surface area contributed by atoms with Crippen LogP contribution in [0.2, 0.25) is 0 Å². The molecule has 0 aliphatic heterocycles. The summed E-state index contributed by atoms with van der Waals surface area (Å²) in [6, 6.07) is 17.5. The zero-order valence-electron chi connectivity index (χ0n) is 16.8. The minimum atomic E-state index is -0.796. The van der Waals surface area contributed by atoms with Crippen molar-refractivity contribution >= 4 is 35.3 Å². The van der Waals surface area contributed by atoms with Gasteiger partial charge < -0.3 is 20.7 Å². The summed E-state index contributed by atoms with van der Waals surface area (Å²) in [6.07, 6.45) is -0.458. The topological polar surface area (TPSA) is 114 Å². The monoisotopic (exact) mass is 446 g/mol. The fraction of sp³-hybridized carbons (Fsp3) is 0.273. The average molecular weight is 447 g/mol. The van der Waals surface area contributed by atoms with Crippen LogP contribution >= 0.6 is 11.6 Å². The lowest BCUT2D eigenvalue weighted by Crippen LogP contribution is -2.48. The molecule has 2 aromatic carbocycles. The van der Waals surface area contributed by atoms with Gasteiger partial charge in [0, 0.05) is 0 Å². The number of ketones is 1. The lowest BCUT2D eigenvalue weighted by molar-refractivity contribution is -0.128. The lowest BCUT2D eigenvalue weighted by Gasteiger charge is -2.17. The molecule has 0 radical (unpaired) electrons. The highest BCUT2D eigenvalue weighted by atomic mass is 35.5. The maximum Gasteiger partial charge on any atom is 0.407 e. The van der Waals surface area contributed by atoms with E-state index in [1.807, 2.05) is 48.5 Å². The highest BCUT2D eigenvalue weighted by Crippen LogP contribution is 2.05. The van der Waals surface area contributed by atoms with Crippen LogP contribution in [0.15, 0.2) is 60.7 Å². The number of hydrogen-bond donors (Lipinski definition) is 3. The summed E-state index contributed by atoms with van der Waals surface area (Å²) in [5.74, 6) is -1.68. The number of nitrogens with one attached hydrogen (secondary N) is 3. The van der Waals surface area contributed by atoms with Crippen molar-refractivity contribution in [2.45, 2.75) is 19.1 Å². The van der Waals surface area contributed by atoms with Gasteiger partial charge in [0.2, 0.25) is 11.8 Å². The van der Waals surface area contributed by atoms with E-state index >= 15 is 0 Å². The van der Waals surface area contributed by atoms with Crippen molar-refractivity contribution in [1.82, 2.24) is 16.0 Å². The van der Waals surface area contributed by atoms with Crippen molar-refractivity contribution < 1.29 is 23.9 Å². The second-order valence-electron chi connectivity index (χ2n) is 6.60. The minimum Gasteiger partial charge on any atom is -0.445 e. The van der Waals surface area contributed by atoms with E-state index in [-0.39, 0.29) is 31.4 Å². The first-order chi connectivity index (χ1) is 15.0. The number of hydrogen-bond acceptors (Lipinski definition) is 5. The number of alkyl carbamates (subject to hydrolysis) is 1. The van der Waals surface area contributed by atoms with Crippen LogP contribution in [0.4, 0.5) is 4.79 Å². The van der Waals surface area contributed by atoms with Crippen LogP contribution in [0.1, 0.15) is 11.1 Å². The lowest BCUT2D eigenvalue weighted by atomic mass is 10.1. The minimum absolute atomic E-state index is 0.0775. The number of carbonyl (C=O) groups excluding carboxylic acids is 4. The average Bonchev–Trinajstić information content (AvgIpc) is 2.80. The number of halogens is 1. The Hall–Kier alpha value is -3.39. The van der Waals surface area contributed by atoms with Gasteiger partial charge in [-0.05, 0) is 17.5 Å². The fourth-order valence-electron chi connectivity index (χ4n) is 2.60. The van der Waals surface area contributed by atoms with E-state index in [0.29, 0.717) is 6.42 Å². The van der Waals surface area contributed by atoms with Crippen LogP contribution < -0.4 is 16.0 Å². The van der Waals surface area contributed by atoms with E-state index in [1.165, 1.54) is 0 Å². The highest BCUT2D eigenvalue weighted by Gasteiger charge is 2.20. The number of alkyl halides is 1. The van der Waals surface area contributed by atoms with E-state index in [9.17, 15) is 19.2 Å². The molecule has 0 fully saturated rings. The van der Waals surface area contributed by atoms with Crippen molar-refractivity contribution in [3.8, 4) is 0 Å². The van der Waals surface area contributed by atoms with E-state index in [2.05, 4.69) is 16.0 Å². The van der Waals surface area contributed by atoms with Crippen molar-refractivity contribution in [2.24, 2.45) is 0 Å². The second-order valence-corrected chi connectivity index (χ2v) is 6.87. The van der Waals surface area contributed by atoms with Gasteiger partial charge in [-0.2, -0.15) is 0 Å². The summed E-state index contributed by atoms with van der Waals surface area (Å²) < 4.78 is 4.99. The summed E-state index contributed by atoms with van der Waals surface area (Å²) in [6.45, 7) is -0.622. The number of benzene rings is 2. The number of ether oxygens (including phenoxy) is 1. The molecule has 0 heterocycles. The molecule has 1 atom stereocenters. The third-order valence-electron chi connectivity index (χ3n) is 4.19. The fourth-order valence-corrected chi connectivity index (χ4v) is 2.79. The summed E-state index contributed by atoms with van der Waals surface area (Å²) in [5.41, 5.74) is 1.68. The molecule has 0 spiro atoms. The molecular formula is C22H24ClN3O5. The Kier molecular flexibility index (Phi) is 10.0. The smallest absolute Gasteiger partial charge is 0.407 e. The van der Waals surface area contributed by atoms with Gasteiger partial charge in [-0.15, -0.1) is 11.6 Å². The molecular weight excluding hydrogens is 423 g/mol. The Labute approximate surface area is 185 Å². The Morgan fingerprint density at radius 3 is 2.00 bits per heavy atom. The van der Waals surface area contributed by atoms with E-state index < -0.39 is 23.9 Å². The van der Waals surface area contributed by atoms with Gasteiger partial charge in [0.15, 0.2) is 5.78 Å². The van der Waals surface area contributed by atoms with Gasteiger partial charge >= 0.3 is 6.09 Å². The summed E-state index contributed by atoms with van der Waals surface area (Å²) in [7, 11) is 0. The van der Waals surface area contributed by atoms with Crippen LogP contribution in [0.25, 0.3) is 0 Å². The van der Waals surface area contributed by atoms with Crippen LogP contribution in [0, 0.1) is 0 Å². The predicted octanol–water partition coefficient (Wildman–Crippen LogP) is 1.56. The van der Waals surface area contributed by atoms with Crippen LogP contribution in [-0.2, 0) is 32.1 Å². The standard InChI is InChI=1S/C22H24ClN3O5/c23-12-19(27)18(11-16-7-3-1-4-8-16)26-21(29)14-24-20(28)13-25-22(30)31-15-17-9-5-2-6-10-17/h1-10,18H,11-15H2,(H,24,28)(H,25,30)(H,26,29)/t18-/m0/s1/i7+1. The molecule has 31 heavy (non-hydrogen) atoms. The quantitative estimate of drug-likeness (QED) is 0.453. The van der Waals surface area contributed by atoms with E-state index in [4.69, 9.17) is 16.3 Å². The van der Waals surface area contributed by atoms with E-state index in [0.717, 1.165) is 11.1 Å². The second kappa shape index (κ2) is 13.0. The number of carbonyl (C=O) groups is 4. The van der Waals surface area contributed by atoms with Crippen molar-refractivity contribution in [1.29, 1.82) is 0 Å². The molecule has 2 rings (SSSR count). The summed E-state index contributed by atoms with van der Waals surface area (Å²) in [4.78, 5) is 47.7. The van der Waals surface area contributed by atoms with E-state index in [1.54, 1.807) is 12.1 Å². The molecule has 0 unspecified atom stereocenters. The van der Waals surface area contributed by atoms with Gasteiger partial charge in [-0.1, -0.05) is 60.7 Å². The van der Waals surface area contributed by atoms with Crippen molar-refractivity contribution in [2.75, 3.05) is 19.0 Å². The molecule has 164 valence electrons. The Balaban J connectivity index is 1.70. The molecule has 0 aromatic heterocycles. The molecule has 0 aliphatic carbocycles. The van der Waals surface area contributed by atoms with Crippen LogP contribution in [0.3, 0.4) is 0 Å².